The summed E-state index contributed by atoms with van der Waals surface area (Å²) in [5.74, 6) is -0.854. The Labute approximate surface area is 106 Å². The molecule has 0 saturated carbocycles. The van der Waals surface area contributed by atoms with Gasteiger partial charge in [0.2, 0.25) is 5.91 Å². The van der Waals surface area contributed by atoms with Crippen molar-refractivity contribution in [3.8, 4) is 0 Å². The van der Waals surface area contributed by atoms with Crippen molar-refractivity contribution in [2.24, 2.45) is 0 Å². The van der Waals surface area contributed by atoms with Crippen LogP contribution in [0.1, 0.15) is 33.1 Å². The first-order valence-electron chi connectivity index (χ1n) is 6.37. The lowest BCUT2D eigenvalue weighted by Gasteiger charge is -2.32. The number of rotatable bonds is 2. The van der Waals surface area contributed by atoms with Gasteiger partial charge in [0.05, 0.1) is 0 Å². The maximum absolute atomic E-state index is 12.2. The van der Waals surface area contributed by atoms with E-state index in [1.54, 1.807) is 18.7 Å². The van der Waals surface area contributed by atoms with Gasteiger partial charge in [0, 0.05) is 24.7 Å². The Morgan fingerprint density at radius 3 is 2.33 bits per heavy atom. The van der Waals surface area contributed by atoms with E-state index in [1.165, 1.54) is 6.08 Å². The van der Waals surface area contributed by atoms with E-state index in [-0.39, 0.29) is 17.7 Å². The number of amides is 3. The molecule has 0 radical (unpaired) electrons. The van der Waals surface area contributed by atoms with Crippen molar-refractivity contribution >= 4 is 17.7 Å². The van der Waals surface area contributed by atoms with Gasteiger partial charge < -0.3 is 4.90 Å². The van der Waals surface area contributed by atoms with Crippen LogP contribution in [0.4, 0.5) is 0 Å². The van der Waals surface area contributed by atoms with E-state index < -0.39 is 6.04 Å². The van der Waals surface area contributed by atoms with Crippen LogP contribution in [-0.2, 0) is 14.4 Å². The predicted molar refractivity (Wildman–Crippen MR) is 65.5 cm³/mol. The Balaban J connectivity index is 2.07. The van der Waals surface area contributed by atoms with Gasteiger partial charge in [-0.15, -0.1) is 0 Å². The molecular formula is C13H18N2O3. The molecule has 98 valence electrons. The number of piperidine rings is 1. The van der Waals surface area contributed by atoms with Crippen LogP contribution in [0.5, 0.6) is 0 Å². The summed E-state index contributed by atoms with van der Waals surface area (Å²) in [6.07, 6.45) is 4.43. The van der Waals surface area contributed by atoms with Gasteiger partial charge in [-0.05, 0) is 33.1 Å². The fraction of sp³-hybridized carbons (Fsp3) is 0.615. The van der Waals surface area contributed by atoms with Gasteiger partial charge in [0.1, 0.15) is 6.04 Å². The zero-order chi connectivity index (χ0) is 13.3. The summed E-state index contributed by atoms with van der Waals surface area (Å²) in [6.45, 7) is 4.68. The first-order chi connectivity index (χ1) is 8.52. The van der Waals surface area contributed by atoms with Crippen LogP contribution in [0, 0.1) is 0 Å². The predicted octanol–water partition coefficient (Wildman–Crippen LogP) is 0.703. The molecule has 0 aromatic carbocycles. The molecule has 0 aliphatic carbocycles. The second kappa shape index (κ2) is 4.92. The molecule has 1 saturated heterocycles. The summed E-state index contributed by atoms with van der Waals surface area (Å²) in [5.41, 5.74) is 0.401. The lowest BCUT2D eigenvalue weighted by Crippen LogP contribution is -2.50. The van der Waals surface area contributed by atoms with E-state index in [9.17, 15) is 14.4 Å². The zero-order valence-electron chi connectivity index (χ0n) is 10.8. The summed E-state index contributed by atoms with van der Waals surface area (Å²) in [5, 5.41) is 0. The molecule has 2 aliphatic rings. The summed E-state index contributed by atoms with van der Waals surface area (Å²) in [4.78, 5) is 38.5. The van der Waals surface area contributed by atoms with Crippen molar-refractivity contribution in [2.45, 2.75) is 39.2 Å². The van der Waals surface area contributed by atoms with E-state index >= 15 is 0 Å². The average molecular weight is 250 g/mol. The van der Waals surface area contributed by atoms with Gasteiger partial charge in [-0.1, -0.05) is 0 Å². The maximum atomic E-state index is 12.2. The van der Waals surface area contributed by atoms with Gasteiger partial charge in [0.15, 0.2) is 0 Å². The van der Waals surface area contributed by atoms with Crippen LogP contribution in [-0.4, -0.2) is 46.7 Å². The molecule has 0 aromatic rings. The number of hydrogen-bond donors (Lipinski definition) is 0. The van der Waals surface area contributed by atoms with Crippen molar-refractivity contribution in [1.82, 2.24) is 9.80 Å². The summed E-state index contributed by atoms with van der Waals surface area (Å²) in [7, 11) is 0. The zero-order valence-corrected chi connectivity index (χ0v) is 10.8. The summed E-state index contributed by atoms with van der Waals surface area (Å²) >= 11 is 0. The highest BCUT2D eigenvalue weighted by atomic mass is 16.2. The number of carbonyl (C=O) groups excluding carboxylic acids is 3. The minimum absolute atomic E-state index is 0.125. The summed E-state index contributed by atoms with van der Waals surface area (Å²) in [6, 6.07) is -0.697. The van der Waals surface area contributed by atoms with Crippen LogP contribution >= 0.6 is 0 Å². The second-order valence-corrected chi connectivity index (χ2v) is 4.90. The van der Waals surface area contributed by atoms with E-state index in [0.29, 0.717) is 5.57 Å². The fourth-order valence-corrected chi connectivity index (χ4v) is 2.46. The van der Waals surface area contributed by atoms with Crippen molar-refractivity contribution in [3.63, 3.8) is 0 Å². The van der Waals surface area contributed by atoms with Crippen molar-refractivity contribution < 1.29 is 14.4 Å². The van der Waals surface area contributed by atoms with Gasteiger partial charge in [-0.2, -0.15) is 0 Å². The second-order valence-electron chi connectivity index (χ2n) is 4.90. The molecule has 0 bridgehead atoms. The van der Waals surface area contributed by atoms with Gasteiger partial charge in [-0.25, -0.2) is 0 Å². The fourth-order valence-electron chi connectivity index (χ4n) is 2.46. The molecule has 1 fully saturated rings. The number of hydrogen-bond acceptors (Lipinski definition) is 3. The minimum atomic E-state index is -0.697. The maximum Gasteiger partial charge on any atom is 0.257 e. The molecule has 0 spiro atoms. The van der Waals surface area contributed by atoms with E-state index in [0.717, 1.165) is 37.3 Å². The number of carbonyl (C=O) groups is 3. The van der Waals surface area contributed by atoms with Crippen LogP contribution < -0.4 is 0 Å². The smallest absolute Gasteiger partial charge is 0.257 e. The van der Waals surface area contributed by atoms with Crippen LogP contribution in [0.25, 0.3) is 0 Å². The van der Waals surface area contributed by atoms with Crippen molar-refractivity contribution in [2.75, 3.05) is 13.1 Å². The third-order valence-electron chi connectivity index (χ3n) is 3.55. The van der Waals surface area contributed by atoms with Gasteiger partial charge in [0.25, 0.3) is 11.8 Å². The molecule has 5 nitrogen and oxygen atoms in total. The Kier molecular flexibility index (Phi) is 3.50. The lowest BCUT2D eigenvalue weighted by molar-refractivity contribution is -0.149. The van der Waals surface area contributed by atoms with Gasteiger partial charge >= 0.3 is 0 Å². The highest BCUT2D eigenvalue weighted by Crippen LogP contribution is 2.18. The molecule has 2 heterocycles. The number of imide groups is 1. The molecule has 3 amide bonds. The normalized spacial score (nSPS) is 22.2. The highest BCUT2D eigenvalue weighted by Gasteiger charge is 2.37. The lowest BCUT2D eigenvalue weighted by atomic mass is 10.1. The first-order valence-corrected chi connectivity index (χ1v) is 6.37. The largest absolute Gasteiger partial charge is 0.341 e. The van der Waals surface area contributed by atoms with Crippen LogP contribution in [0.3, 0.4) is 0 Å². The third kappa shape index (κ3) is 2.17. The Hall–Kier alpha value is -1.65. The molecule has 0 aromatic heterocycles. The minimum Gasteiger partial charge on any atom is -0.341 e. The third-order valence-corrected chi connectivity index (χ3v) is 3.55. The monoisotopic (exact) mass is 250 g/mol. The Bertz CT molecular complexity index is 422. The quantitative estimate of drug-likeness (QED) is 0.678. The molecule has 1 unspecified atom stereocenters. The van der Waals surface area contributed by atoms with Crippen LogP contribution in [0.2, 0.25) is 0 Å². The molecule has 18 heavy (non-hydrogen) atoms. The van der Waals surface area contributed by atoms with Crippen molar-refractivity contribution in [3.05, 3.63) is 11.6 Å². The molecule has 2 aliphatic heterocycles. The van der Waals surface area contributed by atoms with E-state index in [4.69, 9.17) is 0 Å². The standard InChI is InChI=1S/C13H18N2O3/c1-9-8-11(16)15(12(9)17)10(2)13(18)14-6-4-3-5-7-14/h8,10H,3-7H2,1-2H3. The van der Waals surface area contributed by atoms with Crippen molar-refractivity contribution in [1.29, 1.82) is 0 Å². The average Bonchev–Trinajstić information content (AvgIpc) is 2.63. The number of nitrogens with zero attached hydrogens (tertiary/aromatic N) is 2. The highest BCUT2D eigenvalue weighted by molar-refractivity contribution is 6.17. The van der Waals surface area contributed by atoms with Crippen LogP contribution in [0.15, 0.2) is 11.6 Å². The Morgan fingerprint density at radius 1 is 1.22 bits per heavy atom. The van der Waals surface area contributed by atoms with Gasteiger partial charge in [-0.3, -0.25) is 19.3 Å². The van der Waals surface area contributed by atoms with E-state index in [1.807, 2.05) is 0 Å². The number of likely N-dealkylation sites (tertiary alicyclic amines) is 1. The topological polar surface area (TPSA) is 57.7 Å². The molecule has 0 N–H and O–H groups in total. The molecular weight excluding hydrogens is 232 g/mol. The first kappa shape index (κ1) is 12.8. The SMILES string of the molecule is CC1=CC(=O)N(C(C)C(=O)N2CCCCC2)C1=O. The van der Waals surface area contributed by atoms with E-state index in [2.05, 4.69) is 0 Å². The Morgan fingerprint density at radius 2 is 1.83 bits per heavy atom. The summed E-state index contributed by atoms with van der Waals surface area (Å²) < 4.78 is 0. The molecule has 1 atom stereocenters. The molecule has 2 rings (SSSR count). The molecule has 5 heteroatoms.